The highest BCUT2D eigenvalue weighted by molar-refractivity contribution is 6.13. The molecule has 224 valence electrons. The minimum atomic E-state index is 0.569. The molecule has 0 saturated carbocycles. The summed E-state index contributed by atoms with van der Waals surface area (Å²) in [5, 5.41) is 6.51. The van der Waals surface area contributed by atoms with E-state index >= 15 is 0 Å². The molecule has 7 aromatic carbocycles. The van der Waals surface area contributed by atoms with Crippen molar-refractivity contribution in [3.63, 3.8) is 0 Å². The summed E-state index contributed by atoms with van der Waals surface area (Å²) in [6.07, 6.45) is 0. The molecule has 0 aliphatic carbocycles. The SMILES string of the molecule is c1ccc(-c2cc(-c3nc(-c4ccc5ccccc5c4)nc(-c4ccc5oc6ccccc6c5c4)n3)cc3oc4ccccc4c23)cc1. The third-order valence-corrected chi connectivity index (χ3v) is 9.10. The van der Waals surface area contributed by atoms with Crippen LogP contribution in [-0.2, 0) is 0 Å². The van der Waals surface area contributed by atoms with Crippen molar-refractivity contribution in [2.75, 3.05) is 0 Å². The first kappa shape index (κ1) is 26.6. The minimum absolute atomic E-state index is 0.569. The summed E-state index contributed by atoms with van der Waals surface area (Å²) in [5.74, 6) is 1.75. The van der Waals surface area contributed by atoms with Crippen LogP contribution >= 0.6 is 0 Å². The Kier molecular flexibility index (Phi) is 5.81. The van der Waals surface area contributed by atoms with Crippen LogP contribution < -0.4 is 0 Å². The van der Waals surface area contributed by atoms with E-state index in [0.717, 1.165) is 82.5 Å². The van der Waals surface area contributed by atoms with E-state index in [1.807, 2.05) is 54.6 Å². The van der Waals surface area contributed by atoms with Crippen LogP contribution in [0.3, 0.4) is 0 Å². The lowest BCUT2D eigenvalue weighted by Gasteiger charge is -2.11. The number of fused-ring (bicyclic) bond motifs is 7. The standard InChI is InChI=1S/C43H25N3O2/c1-2-11-27(12-3-1)34-24-31(25-39-40(34)33-15-7-9-17-37(33)48-39)43-45-41(29-19-18-26-10-4-5-13-28(26)22-29)44-42(46-43)30-20-21-38-35(23-30)32-14-6-8-16-36(32)47-38/h1-25H. The topological polar surface area (TPSA) is 65.0 Å². The lowest BCUT2D eigenvalue weighted by molar-refractivity contribution is 0.668. The molecule has 3 heterocycles. The first-order chi connectivity index (χ1) is 23.7. The van der Waals surface area contributed by atoms with Crippen molar-refractivity contribution in [1.29, 1.82) is 0 Å². The molecule has 0 unspecified atom stereocenters. The lowest BCUT2D eigenvalue weighted by atomic mass is 9.97. The van der Waals surface area contributed by atoms with Gasteiger partial charge in [0.15, 0.2) is 17.5 Å². The van der Waals surface area contributed by atoms with Gasteiger partial charge in [0.2, 0.25) is 0 Å². The Morgan fingerprint density at radius 2 is 0.917 bits per heavy atom. The number of para-hydroxylation sites is 2. The van der Waals surface area contributed by atoms with Crippen molar-refractivity contribution in [1.82, 2.24) is 15.0 Å². The minimum Gasteiger partial charge on any atom is -0.456 e. The number of rotatable bonds is 4. The number of hydrogen-bond acceptors (Lipinski definition) is 5. The van der Waals surface area contributed by atoms with Crippen LogP contribution in [0.2, 0.25) is 0 Å². The normalized spacial score (nSPS) is 11.8. The highest BCUT2D eigenvalue weighted by atomic mass is 16.3. The van der Waals surface area contributed by atoms with E-state index < -0.39 is 0 Å². The lowest BCUT2D eigenvalue weighted by Crippen LogP contribution is -2.00. The van der Waals surface area contributed by atoms with Crippen LogP contribution in [0.4, 0.5) is 0 Å². The Morgan fingerprint density at radius 1 is 0.333 bits per heavy atom. The van der Waals surface area contributed by atoms with Crippen LogP contribution in [0.1, 0.15) is 0 Å². The second kappa shape index (κ2) is 10.5. The number of nitrogens with zero attached hydrogens (tertiary/aromatic N) is 3. The van der Waals surface area contributed by atoms with Gasteiger partial charge in [-0.05, 0) is 70.4 Å². The van der Waals surface area contributed by atoms with E-state index in [-0.39, 0.29) is 0 Å². The van der Waals surface area contributed by atoms with E-state index in [4.69, 9.17) is 23.8 Å². The van der Waals surface area contributed by atoms with Crippen molar-refractivity contribution in [2.24, 2.45) is 0 Å². The molecule has 0 amide bonds. The van der Waals surface area contributed by atoms with Crippen LogP contribution in [0.5, 0.6) is 0 Å². The highest BCUT2D eigenvalue weighted by Gasteiger charge is 2.19. The number of aromatic nitrogens is 3. The fraction of sp³-hybridized carbons (Fsp3) is 0. The van der Waals surface area contributed by atoms with Gasteiger partial charge >= 0.3 is 0 Å². The molecular formula is C43H25N3O2. The van der Waals surface area contributed by atoms with E-state index in [9.17, 15) is 0 Å². The number of benzene rings is 7. The molecule has 0 aliphatic heterocycles. The van der Waals surface area contributed by atoms with Crippen LogP contribution in [0.25, 0.3) is 99.9 Å². The van der Waals surface area contributed by atoms with Gasteiger partial charge in [0.25, 0.3) is 0 Å². The van der Waals surface area contributed by atoms with Crippen LogP contribution in [0, 0.1) is 0 Å². The summed E-state index contributed by atoms with van der Waals surface area (Å²) in [6.45, 7) is 0. The predicted molar refractivity (Wildman–Crippen MR) is 194 cm³/mol. The third kappa shape index (κ3) is 4.29. The van der Waals surface area contributed by atoms with Gasteiger partial charge in [0, 0.05) is 38.2 Å². The molecule has 48 heavy (non-hydrogen) atoms. The molecule has 0 fully saturated rings. The summed E-state index contributed by atoms with van der Waals surface area (Å²) in [7, 11) is 0. The molecule has 5 nitrogen and oxygen atoms in total. The van der Waals surface area contributed by atoms with Crippen molar-refractivity contribution >= 4 is 54.6 Å². The molecule has 0 N–H and O–H groups in total. The molecule has 10 rings (SSSR count). The molecule has 0 aliphatic rings. The van der Waals surface area contributed by atoms with Gasteiger partial charge in [-0.2, -0.15) is 0 Å². The number of hydrogen-bond donors (Lipinski definition) is 0. The van der Waals surface area contributed by atoms with Gasteiger partial charge < -0.3 is 8.83 Å². The monoisotopic (exact) mass is 615 g/mol. The van der Waals surface area contributed by atoms with E-state index in [1.165, 1.54) is 0 Å². The summed E-state index contributed by atoms with van der Waals surface area (Å²) >= 11 is 0. The van der Waals surface area contributed by atoms with Crippen molar-refractivity contribution < 1.29 is 8.83 Å². The van der Waals surface area contributed by atoms with Gasteiger partial charge in [0.05, 0.1) is 0 Å². The van der Waals surface area contributed by atoms with Crippen molar-refractivity contribution in [3.05, 3.63) is 152 Å². The average Bonchev–Trinajstić information content (AvgIpc) is 3.72. The van der Waals surface area contributed by atoms with Gasteiger partial charge in [-0.1, -0.05) is 103 Å². The summed E-state index contributed by atoms with van der Waals surface area (Å²) in [4.78, 5) is 15.3. The fourth-order valence-electron chi connectivity index (χ4n) is 6.79. The average molecular weight is 616 g/mol. The summed E-state index contributed by atoms with van der Waals surface area (Å²) < 4.78 is 12.6. The Hall–Kier alpha value is -6.59. The van der Waals surface area contributed by atoms with E-state index in [1.54, 1.807) is 0 Å². The molecule has 0 atom stereocenters. The van der Waals surface area contributed by atoms with Gasteiger partial charge in [-0.25, -0.2) is 15.0 Å². The second-order valence-electron chi connectivity index (χ2n) is 12.0. The van der Waals surface area contributed by atoms with Gasteiger partial charge in [0.1, 0.15) is 22.3 Å². The Labute approximate surface area is 274 Å². The zero-order valence-electron chi connectivity index (χ0n) is 25.6. The van der Waals surface area contributed by atoms with Crippen molar-refractivity contribution in [3.8, 4) is 45.3 Å². The van der Waals surface area contributed by atoms with Crippen LogP contribution in [-0.4, -0.2) is 15.0 Å². The summed E-state index contributed by atoms with van der Waals surface area (Å²) in [6, 6.07) is 51.7. The van der Waals surface area contributed by atoms with Gasteiger partial charge in [-0.3, -0.25) is 0 Å². The molecule has 0 radical (unpaired) electrons. The highest BCUT2D eigenvalue weighted by Crippen LogP contribution is 2.40. The summed E-state index contributed by atoms with van der Waals surface area (Å²) in [5.41, 5.74) is 8.11. The molecule has 3 aromatic heterocycles. The first-order valence-corrected chi connectivity index (χ1v) is 15.9. The fourth-order valence-corrected chi connectivity index (χ4v) is 6.79. The molecule has 0 spiro atoms. The van der Waals surface area contributed by atoms with Crippen molar-refractivity contribution in [2.45, 2.75) is 0 Å². The molecule has 5 heteroatoms. The smallest absolute Gasteiger partial charge is 0.164 e. The maximum Gasteiger partial charge on any atom is 0.164 e. The maximum atomic E-state index is 6.45. The zero-order chi connectivity index (χ0) is 31.6. The van der Waals surface area contributed by atoms with Crippen LogP contribution in [0.15, 0.2) is 160 Å². The first-order valence-electron chi connectivity index (χ1n) is 15.9. The molecule has 0 saturated heterocycles. The molecular weight excluding hydrogens is 590 g/mol. The third-order valence-electron chi connectivity index (χ3n) is 9.10. The Bertz CT molecular complexity index is 2850. The molecule has 10 aromatic rings. The zero-order valence-corrected chi connectivity index (χ0v) is 25.6. The largest absolute Gasteiger partial charge is 0.456 e. The second-order valence-corrected chi connectivity index (χ2v) is 12.0. The Morgan fingerprint density at radius 3 is 1.73 bits per heavy atom. The van der Waals surface area contributed by atoms with E-state index in [0.29, 0.717) is 17.5 Å². The Balaban J connectivity index is 1.24. The number of furan rings is 2. The molecule has 0 bridgehead atoms. The van der Waals surface area contributed by atoms with Gasteiger partial charge in [-0.15, -0.1) is 0 Å². The predicted octanol–water partition coefficient (Wildman–Crippen LogP) is 11.5. The quantitative estimate of drug-likeness (QED) is 0.197. The van der Waals surface area contributed by atoms with E-state index in [2.05, 4.69) is 97.1 Å². The maximum absolute atomic E-state index is 6.45.